The van der Waals surface area contributed by atoms with Crippen molar-refractivity contribution in [3.8, 4) is 0 Å². The fraction of sp³-hybridized carbons (Fsp3) is 0.727. The lowest BCUT2D eigenvalue weighted by Gasteiger charge is -2.27. The fourth-order valence-electron chi connectivity index (χ4n) is 2.26. The van der Waals surface area contributed by atoms with E-state index >= 15 is 0 Å². The van der Waals surface area contributed by atoms with Gasteiger partial charge in [0.05, 0.1) is 12.1 Å². The number of nitrogens with zero attached hydrogens (tertiary/aromatic N) is 3. The molecule has 0 saturated heterocycles. The molecule has 0 aromatic carbocycles. The van der Waals surface area contributed by atoms with Crippen LogP contribution in [0.4, 0.5) is 11.9 Å². The molecule has 1 fully saturated rings. The Kier molecular flexibility index (Phi) is 3.42. The second-order valence-electron chi connectivity index (χ2n) is 4.56. The molecule has 6 heteroatoms. The Morgan fingerprint density at radius 2 is 2.00 bits per heavy atom. The Labute approximate surface area is 101 Å². The fourth-order valence-corrected chi connectivity index (χ4v) is 2.26. The minimum absolute atomic E-state index is 0.0973. The summed E-state index contributed by atoms with van der Waals surface area (Å²) in [6.07, 6.45) is 4.84. The second-order valence-corrected chi connectivity index (χ2v) is 4.56. The summed E-state index contributed by atoms with van der Waals surface area (Å²) in [7, 11) is 0. The Bertz CT molecular complexity index is 389. The van der Waals surface area contributed by atoms with Gasteiger partial charge in [-0.25, -0.2) is 0 Å². The molecule has 6 nitrogen and oxygen atoms in total. The Morgan fingerprint density at radius 3 is 2.59 bits per heavy atom. The highest BCUT2D eigenvalue weighted by Crippen LogP contribution is 2.31. The van der Waals surface area contributed by atoms with E-state index in [4.69, 9.17) is 5.73 Å². The van der Waals surface area contributed by atoms with Gasteiger partial charge in [-0.3, -0.25) is 0 Å². The maximum atomic E-state index is 9.51. The van der Waals surface area contributed by atoms with Gasteiger partial charge in [0.25, 0.3) is 0 Å². The van der Waals surface area contributed by atoms with Crippen LogP contribution in [0.15, 0.2) is 0 Å². The molecule has 4 N–H and O–H groups in total. The van der Waals surface area contributed by atoms with E-state index in [1.165, 1.54) is 0 Å². The SMILES string of the molecule is CCc1nc(N)nc(NC2(CO)CCCC2)n1. The third kappa shape index (κ3) is 2.63. The van der Waals surface area contributed by atoms with Crippen LogP contribution in [0.3, 0.4) is 0 Å². The third-order valence-corrected chi connectivity index (χ3v) is 3.26. The van der Waals surface area contributed by atoms with Crippen LogP contribution in [0.2, 0.25) is 0 Å². The number of aliphatic hydroxyl groups is 1. The lowest BCUT2D eigenvalue weighted by molar-refractivity contribution is 0.213. The molecule has 1 aromatic rings. The van der Waals surface area contributed by atoms with Crippen LogP contribution in [0.1, 0.15) is 38.4 Å². The van der Waals surface area contributed by atoms with Crippen LogP contribution in [0.5, 0.6) is 0 Å². The Hall–Kier alpha value is -1.43. The normalized spacial score (nSPS) is 18.2. The quantitative estimate of drug-likeness (QED) is 0.714. The molecule has 0 amide bonds. The number of hydrogen-bond donors (Lipinski definition) is 3. The predicted molar refractivity (Wildman–Crippen MR) is 65.5 cm³/mol. The van der Waals surface area contributed by atoms with Crippen LogP contribution in [0, 0.1) is 0 Å². The highest BCUT2D eigenvalue weighted by atomic mass is 16.3. The summed E-state index contributed by atoms with van der Waals surface area (Å²) in [5.74, 6) is 1.38. The van der Waals surface area contributed by atoms with Gasteiger partial charge in [0, 0.05) is 6.42 Å². The number of anilines is 2. The van der Waals surface area contributed by atoms with Crippen molar-refractivity contribution in [3.63, 3.8) is 0 Å². The second kappa shape index (κ2) is 4.83. The van der Waals surface area contributed by atoms with Gasteiger partial charge in [0.1, 0.15) is 5.82 Å². The molecule has 1 saturated carbocycles. The summed E-state index contributed by atoms with van der Waals surface area (Å²) in [4.78, 5) is 12.4. The van der Waals surface area contributed by atoms with Crippen molar-refractivity contribution in [1.29, 1.82) is 0 Å². The third-order valence-electron chi connectivity index (χ3n) is 3.26. The highest BCUT2D eigenvalue weighted by Gasteiger charge is 2.33. The Morgan fingerprint density at radius 1 is 1.29 bits per heavy atom. The van der Waals surface area contributed by atoms with E-state index in [2.05, 4.69) is 20.3 Å². The van der Waals surface area contributed by atoms with Gasteiger partial charge in [-0.2, -0.15) is 15.0 Å². The largest absolute Gasteiger partial charge is 0.394 e. The molecule has 0 atom stereocenters. The molecule has 1 aliphatic rings. The van der Waals surface area contributed by atoms with Gasteiger partial charge in [-0.1, -0.05) is 19.8 Å². The highest BCUT2D eigenvalue weighted by molar-refractivity contribution is 5.35. The van der Waals surface area contributed by atoms with Gasteiger partial charge in [0.2, 0.25) is 11.9 Å². The molecular weight excluding hydrogens is 218 g/mol. The van der Waals surface area contributed by atoms with E-state index in [9.17, 15) is 5.11 Å². The molecule has 0 aliphatic heterocycles. The molecule has 1 aromatic heterocycles. The van der Waals surface area contributed by atoms with E-state index < -0.39 is 0 Å². The first kappa shape index (κ1) is 12.0. The number of rotatable bonds is 4. The number of nitrogens with one attached hydrogen (secondary N) is 1. The summed E-state index contributed by atoms with van der Waals surface area (Å²) < 4.78 is 0. The van der Waals surface area contributed by atoms with Crippen LogP contribution in [-0.2, 0) is 6.42 Å². The van der Waals surface area contributed by atoms with Crippen molar-refractivity contribution >= 4 is 11.9 Å². The van der Waals surface area contributed by atoms with Crippen molar-refractivity contribution in [2.45, 2.75) is 44.6 Å². The molecule has 1 aliphatic carbocycles. The number of aryl methyl sites for hydroxylation is 1. The molecule has 0 bridgehead atoms. The van der Waals surface area contributed by atoms with Gasteiger partial charge in [0.15, 0.2) is 0 Å². The van der Waals surface area contributed by atoms with E-state index in [1.807, 2.05) is 6.92 Å². The molecule has 94 valence electrons. The van der Waals surface area contributed by atoms with E-state index in [1.54, 1.807) is 0 Å². The van der Waals surface area contributed by atoms with Gasteiger partial charge in [-0.05, 0) is 12.8 Å². The lowest BCUT2D eigenvalue weighted by atomic mass is 9.99. The maximum absolute atomic E-state index is 9.51. The van der Waals surface area contributed by atoms with E-state index in [-0.39, 0.29) is 18.1 Å². The summed E-state index contributed by atoms with van der Waals surface area (Å²) in [5, 5.41) is 12.7. The van der Waals surface area contributed by atoms with E-state index in [0.717, 1.165) is 25.7 Å². The number of nitrogens with two attached hydrogens (primary N) is 1. The summed E-state index contributed by atoms with van der Waals surface area (Å²) in [6.45, 7) is 2.07. The van der Waals surface area contributed by atoms with Crippen molar-refractivity contribution in [2.75, 3.05) is 17.7 Å². The molecule has 2 rings (SSSR count). The summed E-state index contributed by atoms with van der Waals surface area (Å²) >= 11 is 0. The minimum Gasteiger partial charge on any atom is -0.394 e. The van der Waals surface area contributed by atoms with Gasteiger partial charge >= 0.3 is 0 Å². The van der Waals surface area contributed by atoms with Crippen molar-refractivity contribution in [1.82, 2.24) is 15.0 Å². The zero-order chi connectivity index (χ0) is 12.3. The first-order valence-corrected chi connectivity index (χ1v) is 6.07. The summed E-state index contributed by atoms with van der Waals surface area (Å²) in [5.41, 5.74) is 5.35. The average molecular weight is 237 g/mol. The first-order chi connectivity index (χ1) is 8.17. The summed E-state index contributed by atoms with van der Waals surface area (Å²) in [6, 6.07) is 0. The van der Waals surface area contributed by atoms with E-state index in [0.29, 0.717) is 18.2 Å². The van der Waals surface area contributed by atoms with Crippen LogP contribution < -0.4 is 11.1 Å². The van der Waals surface area contributed by atoms with Gasteiger partial charge < -0.3 is 16.2 Å². The van der Waals surface area contributed by atoms with Crippen molar-refractivity contribution < 1.29 is 5.11 Å². The van der Waals surface area contributed by atoms with Crippen molar-refractivity contribution in [3.05, 3.63) is 5.82 Å². The lowest BCUT2D eigenvalue weighted by Crippen LogP contribution is -2.39. The maximum Gasteiger partial charge on any atom is 0.228 e. The number of hydrogen-bond acceptors (Lipinski definition) is 6. The monoisotopic (exact) mass is 237 g/mol. The first-order valence-electron chi connectivity index (χ1n) is 6.07. The molecule has 17 heavy (non-hydrogen) atoms. The van der Waals surface area contributed by atoms with Crippen LogP contribution in [0.25, 0.3) is 0 Å². The smallest absolute Gasteiger partial charge is 0.228 e. The molecule has 0 spiro atoms. The molecule has 1 heterocycles. The predicted octanol–water partition coefficient (Wildman–Crippen LogP) is 0.733. The van der Waals surface area contributed by atoms with Crippen LogP contribution in [-0.4, -0.2) is 32.2 Å². The molecule has 0 unspecified atom stereocenters. The topological polar surface area (TPSA) is 97.0 Å². The van der Waals surface area contributed by atoms with Crippen LogP contribution >= 0.6 is 0 Å². The Balaban J connectivity index is 2.19. The zero-order valence-electron chi connectivity index (χ0n) is 10.1. The standard InChI is InChI=1S/C11H19N5O/c1-2-8-13-9(12)15-10(14-8)16-11(7-17)5-3-4-6-11/h17H,2-7H2,1H3,(H3,12,13,14,15,16). The number of nitrogen functional groups attached to an aromatic ring is 1. The minimum atomic E-state index is -0.279. The van der Waals surface area contributed by atoms with Crippen molar-refractivity contribution in [2.24, 2.45) is 0 Å². The number of aliphatic hydroxyl groups excluding tert-OH is 1. The molecule has 0 radical (unpaired) electrons. The van der Waals surface area contributed by atoms with Gasteiger partial charge in [-0.15, -0.1) is 0 Å². The average Bonchev–Trinajstić information content (AvgIpc) is 2.77. The zero-order valence-corrected chi connectivity index (χ0v) is 10.1. The molecular formula is C11H19N5O. The number of aromatic nitrogens is 3.